The van der Waals surface area contributed by atoms with Gasteiger partial charge >= 0.3 is 5.97 Å². The SMILES string of the molecule is CCOC(=O)c1ccccc1NC=CC(=O)c1ccc(C)cc1. The van der Waals surface area contributed by atoms with Crippen LogP contribution in [0.1, 0.15) is 33.2 Å². The van der Waals surface area contributed by atoms with Gasteiger partial charge in [-0.3, -0.25) is 4.79 Å². The Labute approximate surface area is 135 Å². The van der Waals surface area contributed by atoms with Gasteiger partial charge in [-0.2, -0.15) is 0 Å². The molecule has 0 aliphatic carbocycles. The van der Waals surface area contributed by atoms with Crippen LogP contribution in [0.4, 0.5) is 5.69 Å². The molecule has 0 fully saturated rings. The molecule has 4 nitrogen and oxygen atoms in total. The molecule has 0 saturated carbocycles. The van der Waals surface area contributed by atoms with Crippen molar-refractivity contribution in [1.82, 2.24) is 0 Å². The highest BCUT2D eigenvalue weighted by Crippen LogP contribution is 2.16. The molecule has 0 unspecified atom stereocenters. The van der Waals surface area contributed by atoms with E-state index in [1.807, 2.05) is 19.1 Å². The zero-order valence-corrected chi connectivity index (χ0v) is 13.2. The smallest absolute Gasteiger partial charge is 0.340 e. The minimum atomic E-state index is -0.395. The van der Waals surface area contributed by atoms with Gasteiger partial charge in [0.2, 0.25) is 0 Å². The number of ether oxygens (including phenoxy) is 1. The first-order valence-corrected chi connectivity index (χ1v) is 7.42. The second kappa shape index (κ2) is 7.94. The molecule has 118 valence electrons. The van der Waals surface area contributed by atoms with Crippen molar-refractivity contribution in [2.24, 2.45) is 0 Å². The summed E-state index contributed by atoms with van der Waals surface area (Å²) in [4.78, 5) is 23.9. The summed E-state index contributed by atoms with van der Waals surface area (Å²) in [6.07, 6.45) is 2.97. The van der Waals surface area contributed by atoms with Gasteiger partial charge in [-0.05, 0) is 26.0 Å². The summed E-state index contributed by atoms with van der Waals surface area (Å²) >= 11 is 0. The lowest BCUT2D eigenvalue weighted by molar-refractivity contribution is 0.0527. The fourth-order valence-corrected chi connectivity index (χ4v) is 2.02. The van der Waals surface area contributed by atoms with E-state index >= 15 is 0 Å². The number of carbonyl (C=O) groups is 2. The Hall–Kier alpha value is -2.88. The molecule has 2 aromatic rings. The lowest BCUT2D eigenvalue weighted by Crippen LogP contribution is -2.07. The molecular weight excluding hydrogens is 290 g/mol. The van der Waals surface area contributed by atoms with Crippen molar-refractivity contribution in [1.29, 1.82) is 0 Å². The van der Waals surface area contributed by atoms with Crippen LogP contribution < -0.4 is 5.32 Å². The number of benzene rings is 2. The molecule has 2 aromatic carbocycles. The van der Waals surface area contributed by atoms with Gasteiger partial charge in [-0.25, -0.2) is 4.79 Å². The second-order valence-electron chi connectivity index (χ2n) is 4.97. The topological polar surface area (TPSA) is 55.4 Å². The molecule has 0 radical (unpaired) electrons. The molecule has 0 aromatic heterocycles. The van der Waals surface area contributed by atoms with Gasteiger partial charge in [-0.1, -0.05) is 42.0 Å². The number of rotatable bonds is 6. The van der Waals surface area contributed by atoms with E-state index in [4.69, 9.17) is 4.74 Å². The minimum Gasteiger partial charge on any atom is -0.462 e. The van der Waals surface area contributed by atoms with Crippen molar-refractivity contribution in [3.8, 4) is 0 Å². The summed E-state index contributed by atoms with van der Waals surface area (Å²) in [5.41, 5.74) is 2.75. The van der Waals surface area contributed by atoms with E-state index in [-0.39, 0.29) is 5.78 Å². The Kier molecular flexibility index (Phi) is 5.69. The van der Waals surface area contributed by atoms with Crippen molar-refractivity contribution >= 4 is 17.4 Å². The van der Waals surface area contributed by atoms with Crippen molar-refractivity contribution in [3.63, 3.8) is 0 Å². The van der Waals surface area contributed by atoms with Gasteiger partial charge in [0.15, 0.2) is 5.78 Å². The molecule has 2 rings (SSSR count). The number of para-hydroxylation sites is 1. The van der Waals surface area contributed by atoms with Gasteiger partial charge in [0.05, 0.1) is 17.9 Å². The highest BCUT2D eigenvalue weighted by atomic mass is 16.5. The molecule has 1 N–H and O–H groups in total. The van der Waals surface area contributed by atoms with E-state index < -0.39 is 5.97 Å². The van der Waals surface area contributed by atoms with Gasteiger partial charge < -0.3 is 10.1 Å². The van der Waals surface area contributed by atoms with Crippen LogP contribution in [0.2, 0.25) is 0 Å². The average Bonchev–Trinajstić information content (AvgIpc) is 2.56. The van der Waals surface area contributed by atoms with Crippen molar-refractivity contribution in [2.75, 3.05) is 11.9 Å². The molecule has 0 heterocycles. The Morgan fingerprint density at radius 3 is 2.48 bits per heavy atom. The number of hydrogen-bond donors (Lipinski definition) is 1. The number of hydrogen-bond acceptors (Lipinski definition) is 4. The first-order chi connectivity index (χ1) is 11.1. The standard InChI is InChI=1S/C19H19NO3/c1-3-23-19(22)16-6-4-5-7-17(16)20-13-12-18(21)15-10-8-14(2)9-11-15/h4-13,20H,3H2,1-2H3. The third-order valence-electron chi connectivity index (χ3n) is 3.23. The first-order valence-electron chi connectivity index (χ1n) is 7.42. The molecular formula is C19H19NO3. The van der Waals surface area contributed by atoms with Crippen molar-refractivity contribution < 1.29 is 14.3 Å². The lowest BCUT2D eigenvalue weighted by atomic mass is 10.1. The summed E-state index contributed by atoms with van der Waals surface area (Å²) in [5, 5.41) is 2.96. The minimum absolute atomic E-state index is 0.105. The quantitative estimate of drug-likeness (QED) is 0.498. The first kappa shape index (κ1) is 16.5. The van der Waals surface area contributed by atoms with Gasteiger partial charge in [0.25, 0.3) is 0 Å². The molecule has 0 aliphatic rings. The third kappa shape index (κ3) is 4.54. The van der Waals surface area contributed by atoms with Crippen molar-refractivity contribution in [2.45, 2.75) is 13.8 Å². The normalized spacial score (nSPS) is 10.5. The Morgan fingerprint density at radius 1 is 1.09 bits per heavy atom. The fraction of sp³-hybridized carbons (Fsp3) is 0.158. The lowest BCUT2D eigenvalue weighted by Gasteiger charge is -2.08. The molecule has 0 amide bonds. The maximum atomic E-state index is 12.0. The van der Waals surface area contributed by atoms with E-state index in [1.165, 1.54) is 12.3 Å². The number of ketones is 1. The number of aryl methyl sites for hydroxylation is 1. The van der Waals surface area contributed by atoms with Crippen LogP contribution in [-0.2, 0) is 4.74 Å². The summed E-state index contributed by atoms with van der Waals surface area (Å²) in [6, 6.07) is 14.4. The van der Waals surface area contributed by atoms with Gasteiger partial charge in [0, 0.05) is 17.8 Å². The maximum Gasteiger partial charge on any atom is 0.340 e. The third-order valence-corrected chi connectivity index (χ3v) is 3.23. The summed E-state index contributed by atoms with van der Waals surface area (Å²) in [6.45, 7) is 4.04. The van der Waals surface area contributed by atoms with Crippen LogP contribution >= 0.6 is 0 Å². The fourth-order valence-electron chi connectivity index (χ4n) is 2.02. The van der Waals surface area contributed by atoms with Crippen LogP contribution in [0.5, 0.6) is 0 Å². The van der Waals surface area contributed by atoms with E-state index in [9.17, 15) is 9.59 Å². The molecule has 0 bridgehead atoms. The number of allylic oxidation sites excluding steroid dienone is 1. The molecule has 0 saturated heterocycles. The predicted octanol–water partition coefficient (Wildman–Crippen LogP) is 3.98. The van der Waals surface area contributed by atoms with Crippen LogP contribution in [0.3, 0.4) is 0 Å². The van der Waals surface area contributed by atoms with Crippen molar-refractivity contribution in [3.05, 3.63) is 77.5 Å². The van der Waals surface area contributed by atoms with Crippen LogP contribution in [0, 0.1) is 6.92 Å². The maximum absolute atomic E-state index is 12.0. The van der Waals surface area contributed by atoms with E-state index in [1.54, 1.807) is 43.3 Å². The van der Waals surface area contributed by atoms with Crippen LogP contribution in [-0.4, -0.2) is 18.4 Å². The molecule has 0 aliphatic heterocycles. The number of nitrogens with one attached hydrogen (secondary N) is 1. The summed E-state index contributed by atoms with van der Waals surface area (Å²) in [5.74, 6) is -0.500. The van der Waals surface area contributed by atoms with E-state index in [0.717, 1.165) is 5.56 Å². The largest absolute Gasteiger partial charge is 0.462 e. The number of anilines is 1. The van der Waals surface area contributed by atoms with Gasteiger partial charge in [0.1, 0.15) is 0 Å². The van der Waals surface area contributed by atoms with Gasteiger partial charge in [-0.15, -0.1) is 0 Å². The Bertz CT molecular complexity index is 718. The second-order valence-corrected chi connectivity index (χ2v) is 4.97. The Balaban J connectivity index is 2.07. The highest BCUT2D eigenvalue weighted by molar-refractivity contribution is 6.04. The molecule has 0 spiro atoms. The average molecular weight is 309 g/mol. The summed E-state index contributed by atoms with van der Waals surface area (Å²) < 4.78 is 5.01. The highest BCUT2D eigenvalue weighted by Gasteiger charge is 2.10. The summed E-state index contributed by atoms with van der Waals surface area (Å²) in [7, 11) is 0. The van der Waals surface area contributed by atoms with Crippen LogP contribution in [0.25, 0.3) is 0 Å². The zero-order chi connectivity index (χ0) is 16.7. The number of carbonyl (C=O) groups excluding carboxylic acids is 2. The Morgan fingerprint density at radius 2 is 1.78 bits per heavy atom. The number of esters is 1. The molecule has 4 heteroatoms. The zero-order valence-electron chi connectivity index (χ0n) is 13.2. The monoisotopic (exact) mass is 309 g/mol. The molecule has 0 atom stereocenters. The van der Waals surface area contributed by atoms with E-state index in [0.29, 0.717) is 23.4 Å². The predicted molar refractivity (Wildman–Crippen MR) is 90.7 cm³/mol. The van der Waals surface area contributed by atoms with E-state index in [2.05, 4.69) is 5.32 Å². The van der Waals surface area contributed by atoms with Crippen LogP contribution in [0.15, 0.2) is 60.8 Å². The molecule has 23 heavy (non-hydrogen) atoms.